The van der Waals surface area contributed by atoms with E-state index in [9.17, 15) is 4.79 Å². The van der Waals surface area contributed by atoms with Gasteiger partial charge < -0.3 is 10.6 Å². The third-order valence-electron chi connectivity index (χ3n) is 3.05. The molecule has 0 heterocycles. The lowest BCUT2D eigenvalue weighted by molar-refractivity contribution is -0.119. The van der Waals surface area contributed by atoms with Gasteiger partial charge in [-0.1, -0.05) is 47.5 Å². The van der Waals surface area contributed by atoms with Crippen molar-refractivity contribution < 1.29 is 4.79 Å². The van der Waals surface area contributed by atoms with Crippen molar-refractivity contribution in [2.24, 2.45) is 0 Å². The minimum Gasteiger partial charge on any atom is -0.376 e. The van der Waals surface area contributed by atoms with Gasteiger partial charge in [-0.25, -0.2) is 0 Å². The number of carbonyl (C=O) groups excluding carboxylic acids is 1. The lowest BCUT2D eigenvalue weighted by Crippen LogP contribution is -2.29. The van der Waals surface area contributed by atoms with E-state index in [2.05, 4.69) is 10.6 Å². The molecule has 0 radical (unpaired) electrons. The third kappa shape index (κ3) is 4.96. The van der Waals surface area contributed by atoms with E-state index in [1.54, 1.807) is 18.2 Å². The molecule has 0 saturated carbocycles. The molecule has 0 aliphatic heterocycles. The Labute approximate surface area is 134 Å². The number of hydrogen-bond donors (Lipinski definition) is 2. The van der Waals surface area contributed by atoms with Crippen LogP contribution in [0.4, 0.5) is 5.69 Å². The molecule has 0 aromatic heterocycles. The van der Waals surface area contributed by atoms with Crippen LogP contribution in [0, 0.1) is 6.92 Å². The molecule has 0 spiro atoms. The Bertz CT molecular complexity index is 624. The van der Waals surface area contributed by atoms with Crippen LogP contribution in [-0.4, -0.2) is 12.5 Å². The Morgan fingerprint density at radius 3 is 2.43 bits per heavy atom. The highest BCUT2D eigenvalue weighted by Gasteiger charge is 2.04. The second-order valence-corrected chi connectivity index (χ2v) is 5.59. The minimum atomic E-state index is -0.0886. The van der Waals surface area contributed by atoms with Crippen molar-refractivity contribution in [1.82, 2.24) is 5.32 Å². The molecule has 0 fully saturated rings. The number of amides is 1. The molecule has 0 atom stereocenters. The number of halogens is 2. The fourth-order valence-electron chi connectivity index (χ4n) is 1.90. The van der Waals surface area contributed by atoms with Gasteiger partial charge in [0.1, 0.15) is 0 Å². The van der Waals surface area contributed by atoms with Crippen LogP contribution in [0.1, 0.15) is 11.1 Å². The first-order chi connectivity index (χ1) is 10.0. The molecule has 0 aliphatic carbocycles. The lowest BCUT2D eigenvalue weighted by Gasteiger charge is -2.10. The highest BCUT2D eigenvalue weighted by Crippen LogP contribution is 2.22. The van der Waals surface area contributed by atoms with Gasteiger partial charge in [0.15, 0.2) is 0 Å². The second-order valence-electron chi connectivity index (χ2n) is 4.71. The number of anilines is 1. The number of benzene rings is 2. The molecular weight excluding hydrogens is 307 g/mol. The molecule has 0 aliphatic rings. The zero-order valence-corrected chi connectivity index (χ0v) is 13.1. The molecule has 5 heteroatoms. The molecule has 0 bridgehead atoms. The Hall–Kier alpha value is -1.71. The van der Waals surface area contributed by atoms with Crippen LogP contribution >= 0.6 is 23.2 Å². The predicted octanol–water partition coefficient (Wildman–Crippen LogP) is 4.03. The maximum atomic E-state index is 11.8. The van der Waals surface area contributed by atoms with Gasteiger partial charge in [0, 0.05) is 22.3 Å². The van der Waals surface area contributed by atoms with Crippen LogP contribution in [0.3, 0.4) is 0 Å². The Morgan fingerprint density at radius 1 is 1.10 bits per heavy atom. The summed E-state index contributed by atoms with van der Waals surface area (Å²) in [6, 6.07) is 13.1. The number of carbonyl (C=O) groups is 1. The smallest absolute Gasteiger partial charge is 0.239 e. The highest BCUT2D eigenvalue weighted by atomic mass is 35.5. The lowest BCUT2D eigenvalue weighted by atomic mass is 10.1. The number of hydrogen-bond acceptors (Lipinski definition) is 2. The van der Waals surface area contributed by atoms with E-state index in [0.717, 1.165) is 16.8 Å². The van der Waals surface area contributed by atoms with E-state index in [4.69, 9.17) is 23.2 Å². The Balaban J connectivity index is 1.84. The summed E-state index contributed by atoms with van der Waals surface area (Å²) in [7, 11) is 0. The van der Waals surface area contributed by atoms with Gasteiger partial charge in [-0.3, -0.25) is 4.79 Å². The van der Waals surface area contributed by atoms with Gasteiger partial charge in [-0.2, -0.15) is 0 Å². The van der Waals surface area contributed by atoms with Gasteiger partial charge in [-0.05, 0) is 36.2 Å². The third-order valence-corrected chi connectivity index (χ3v) is 3.49. The molecular formula is C16H16Cl2N2O. The molecule has 21 heavy (non-hydrogen) atoms. The number of nitrogens with one attached hydrogen (secondary N) is 2. The second kappa shape index (κ2) is 7.34. The van der Waals surface area contributed by atoms with Crippen LogP contribution in [0.15, 0.2) is 42.5 Å². The monoisotopic (exact) mass is 322 g/mol. The van der Waals surface area contributed by atoms with Crippen molar-refractivity contribution >= 4 is 34.8 Å². The van der Waals surface area contributed by atoms with E-state index >= 15 is 0 Å². The molecule has 3 nitrogen and oxygen atoms in total. The molecule has 2 aromatic rings. The van der Waals surface area contributed by atoms with E-state index in [0.29, 0.717) is 16.6 Å². The van der Waals surface area contributed by atoms with E-state index in [1.807, 2.05) is 31.2 Å². The van der Waals surface area contributed by atoms with Gasteiger partial charge >= 0.3 is 0 Å². The zero-order valence-electron chi connectivity index (χ0n) is 11.6. The summed E-state index contributed by atoms with van der Waals surface area (Å²) < 4.78 is 0. The minimum absolute atomic E-state index is 0.0886. The first kappa shape index (κ1) is 15.7. The number of rotatable bonds is 5. The average Bonchev–Trinajstić information content (AvgIpc) is 2.43. The fourth-order valence-corrected chi connectivity index (χ4v) is 2.43. The van der Waals surface area contributed by atoms with Crippen molar-refractivity contribution in [3.05, 3.63) is 63.6 Å². The van der Waals surface area contributed by atoms with Gasteiger partial charge in [0.25, 0.3) is 0 Å². The van der Waals surface area contributed by atoms with E-state index < -0.39 is 0 Å². The van der Waals surface area contributed by atoms with E-state index in [-0.39, 0.29) is 12.5 Å². The molecule has 2 aromatic carbocycles. The topological polar surface area (TPSA) is 41.1 Å². The van der Waals surface area contributed by atoms with Crippen LogP contribution in [-0.2, 0) is 11.3 Å². The molecule has 2 rings (SSSR count). The molecule has 0 unspecified atom stereocenters. The summed E-state index contributed by atoms with van der Waals surface area (Å²) >= 11 is 11.8. The first-order valence-corrected chi connectivity index (χ1v) is 7.31. The van der Waals surface area contributed by atoms with Crippen LogP contribution < -0.4 is 10.6 Å². The fraction of sp³-hybridized carbons (Fsp3) is 0.188. The van der Waals surface area contributed by atoms with Crippen molar-refractivity contribution in [3.8, 4) is 0 Å². The maximum Gasteiger partial charge on any atom is 0.239 e. The number of aryl methyl sites for hydroxylation is 1. The zero-order chi connectivity index (χ0) is 15.2. The first-order valence-electron chi connectivity index (χ1n) is 6.56. The van der Waals surface area contributed by atoms with Gasteiger partial charge in [0.2, 0.25) is 5.91 Å². The standard InChI is InChI=1S/C16H16Cl2N2O/c1-11-4-2-3-5-12(11)9-20-16(21)10-19-15-7-13(17)6-14(18)8-15/h2-8,19H,9-10H2,1H3,(H,20,21). The van der Waals surface area contributed by atoms with Crippen LogP contribution in [0.25, 0.3) is 0 Å². The normalized spacial score (nSPS) is 10.2. The Kier molecular flexibility index (Phi) is 5.48. The molecule has 2 N–H and O–H groups in total. The SMILES string of the molecule is Cc1ccccc1CNC(=O)CNc1cc(Cl)cc(Cl)c1. The van der Waals surface area contributed by atoms with Crippen molar-refractivity contribution in [2.45, 2.75) is 13.5 Å². The summed E-state index contributed by atoms with van der Waals surface area (Å²) in [5.74, 6) is -0.0886. The van der Waals surface area contributed by atoms with Crippen molar-refractivity contribution in [3.63, 3.8) is 0 Å². The largest absolute Gasteiger partial charge is 0.376 e. The quantitative estimate of drug-likeness (QED) is 0.872. The average molecular weight is 323 g/mol. The van der Waals surface area contributed by atoms with Crippen LogP contribution in [0.5, 0.6) is 0 Å². The molecule has 0 saturated heterocycles. The predicted molar refractivity (Wildman–Crippen MR) is 88.0 cm³/mol. The maximum absolute atomic E-state index is 11.8. The van der Waals surface area contributed by atoms with Crippen molar-refractivity contribution in [2.75, 3.05) is 11.9 Å². The van der Waals surface area contributed by atoms with Crippen molar-refractivity contribution in [1.29, 1.82) is 0 Å². The molecule has 1 amide bonds. The summed E-state index contributed by atoms with van der Waals surface area (Å²) in [5, 5.41) is 6.93. The molecule has 110 valence electrons. The van der Waals surface area contributed by atoms with Crippen LogP contribution in [0.2, 0.25) is 10.0 Å². The summed E-state index contributed by atoms with van der Waals surface area (Å²) in [6.07, 6.45) is 0. The summed E-state index contributed by atoms with van der Waals surface area (Å²) in [6.45, 7) is 2.71. The van der Waals surface area contributed by atoms with Gasteiger partial charge in [0.05, 0.1) is 6.54 Å². The summed E-state index contributed by atoms with van der Waals surface area (Å²) in [5.41, 5.74) is 2.99. The highest BCUT2D eigenvalue weighted by molar-refractivity contribution is 6.35. The Morgan fingerprint density at radius 2 is 1.76 bits per heavy atom. The van der Waals surface area contributed by atoms with E-state index in [1.165, 1.54) is 0 Å². The summed E-state index contributed by atoms with van der Waals surface area (Å²) in [4.78, 5) is 11.8. The van der Waals surface area contributed by atoms with Gasteiger partial charge in [-0.15, -0.1) is 0 Å².